The van der Waals surface area contributed by atoms with E-state index in [0.717, 1.165) is 5.69 Å². The molecule has 0 saturated carbocycles. The molecule has 0 bridgehead atoms. The SMILES string of the molecule is CC(C)(C)OC(=O)NCc1nn(-c2ccc(OC(F)(F)F)cc2)c2nccc(N3CCC(O)CC3)c12. The number of alkyl carbamates (subject to hydrolysis) is 1. The number of carbonyl (C=O) groups is 1. The van der Waals surface area contributed by atoms with Gasteiger partial charge in [0.15, 0.2) is 5.65 Å². The van der Waals surface area contributed by atoms with Gasteiger partial charge in [-0.05, 0) is 63.9 Å². The van der Waals surface area contributed by atoms with Crippen LogP contribution in [0.1, 0.15) is 39.3 Å². The number of rotatable bonds is 5. The summed E-state index contributed by atoms with van der Waals surface area (Å²) in [6.45, 7) is 6.59. The number of amides is 1. The van der Waals surface area contributed by atoms with Crippen molar-refractivity contribution in [3.05, 3.63) is 42.2 Å². The van der Waals surface area contributed by atoms with E-state index in [0.29, 0.717) is 48.3 Å². The molecule has 1 fully saturated rings. The number of aliphatic hydroxyl groups excluding tert-OH is 1. The maximum Gasteiger partial charge on any atom is 0.573 e. The molecule has 0 atom stereocenters. The van der Waals surface area contributed by atoms with E-state index in [1.165, 1.54) is 28.9 Å². The number of pyridine rings is 1. The molecule has 12 heteroatoms. The third kappa shape index (κ3) is 6.17. The Hall–Kier alpha value is -3.54. The van der Waals surface area contributed by atoms with Crippen LogP contribution in [0.25, 0.3) is 16.7 Å². The number of ether oxygens (including phenoxy) is 2. The number of fused-ring (bicyclic) bond motifs is 1. The highest BCUT2D eigenvalue weighted by Crippen LogP contribution is 2.32. The molecule has 0 aliphatic carbocycles. The van der Waals surface area contributed by atoms with Crippen molar-refractivity contribution in [1.82, 2.24) is 20.1 Å². The maximum atomic E-state index is 12.6. The molecule has 1 saturated heterocycles. The summed E-state index contributed by atoms with van der Waals surface area (Å²) in [5, 5.41) is 18.0. The third-order valence-corrected chi connectivity index (χ3v) is 5.54. The molecule has 36 heavy (non-hydrogen) atoms. The third-order valence-electron chi connectivity index (χ3n) is 5.54. The number of benzene rings is 1. The summed E-state index contributed by atoms with van der Waals surface area (Å²) < 4.78 is 48.5. The molecule has 2 aromatic heterocycles. The second-order valence-corrected chi connectivity index (χ2v) is 9.50. The van der Waals surface area contributed by atoms with Crippen LogP contribution in [0.5, 0.6) is 5.75 Å². The summed E-state index contributed by atoms with van der Waals surface area (Å²) in [6, 6.07) is 7.15. The summed E-state index contributed by atoms with van der Waals surface area (Å²) in [7, 11) is 0. The standard InChI is InChI=1S/C24H28F3N5O4/c1-23(2,3)36-22(34)29-14-18-20-19(31-12-9-16(33)10-13-31)8-11-28-21(20)32(30-18)15-4-6-17(7-5-15)35-24(25,26)27/h4-8,11,16,33H,9-10,12-14H2,1-3H3,(H,29,34). The van der Waals surface area contributed by atoms with Gasteiger partial charge in [-0.3, -0.25) is 0 Å². The zero-order chi connectivity index (χ0) is 26.1. The minimum Gasteiger partial charge on any atom is -0.444 e. The monoisotopic (exact) mass is 507 g/mol. The van der Waals surface area contributed by atoms with Crippen LogP contribution >= 0.6 is 0 Å². The lowest BCUT2D eigenvalue weighted by Crippen LogP contribution is -2.36. The fourth-order valence-corrected chi connectivity index (χ4v) is 4.03. The van der Waals surface area contributed by atoms with Gasteiger partial charge < -0.3 is 24.8 Å². The van der Waals surface area contributed by atoms with Crippen molar-refractivity contribution in [2.75, 3.05) is 18.0 Å². The number of piperidine rings is 1. The molecular formula is C24H28F3N5O4. The molecule has 1 aliphatic heterocycles. The summed E-state index contributed by atoms with van der Waals surface area (Å²) >= 11 is 0. The van der Waals surface area contributed by atoms with Crippen LogP contribution in [-0.2, 0) is 11.3 Å². The van der Waals surface area contributed by atoms with E-state index >= 15 is 0 Å². The predicted octanol–water partition coefficient (Wildman–Crippen LogP) is 4.30. The van der Waals surface area contributed by atoms with E-state index in [-0.39, 0.29) is 18.4 Å². The molecular weight excluding hydrogens is 479 g/mol. The quantitative estimate of drug-likeness (QED) is 0.531. The van der Waals surface area contributed by atoms with Crippen LogP contribution in [0.2, 0.25) is 0 Å². The molecule has 0 unspecified atom stereocenters. The fourth-order valence-electron chi connectivity index (χ4n) is 4.03. The minimum atomic E-state index is -4.79. The molecule has 2 N–H and O–H groups in total. The van der Waals surface area contributed by atoms with Crippen molar-refractivity contribution < 1.29 is 32.5 Å². The Morgan fingerprint density at radius 3 is 2.42 bits per heavy atom. The van der Waals surface area contributed by atoms with Crippen molar-refractivity contribution >= 4 is 22.8 Å². The zero-order valence-electron chi connectivity index (χ0n) is 20.2. The summed E-state index contributed by atoms with van der Waals surface area (Å²) in [5.74, 6) is -0.352. The second kappa shape index (κ2) is 9.84. The van der Waals surface area contributed by atoms with Crippen LogP contribution < -0.4 is 15.0 Å². The van der Waals surface area contributed by atoms with E-state index in [9.17, 15) is 23.1 Å². The van der Waals surface area contributed by atoms with Gasteiger partial charge in [0, 0.05) is 19.3 Å². The van der Waals surface area contributed by atoms with Crippen molar-refractivity contribution in [2.24, 2.45) is 0 Å². The number of nitrogens with one attached hydrogen (secondary N) is 1. The lowest BCUT2D eigenvalue weighted by molar-refractivity contribution is -0.274. The number of anilines is 1. The number of hydrogen-bond acceptors (Lipinski definition) is 7. The summed E-state index contributed by atoms with van der Waals surface area (Å²) in [6.07, 6.45) is -2.89. The Morgan fingerprint density at radius 1 is 1.14 bits per heavy atom. The Kier molecular flexibility index (Phi) is 6.98. The first kappa shape index (κ1) is 25.5. The minimum absolute atomic E-state index is 0.0445. The first-order valence-electron chi connectivity index (χ1n) is 11.5. The highest BCUT2D eigenvalue weighted by Gasteiger charge is 2.31. The number of carbonyl (C=O) groups excluding carboxylic acids is 1. The predicted molar refractivity (Wildman–Crippen MR) is 126 cm³/mol. The molecule has 1 amide bonds. The smallest absolute Gasteiger partial charge is 0.444 e. The molecule has 3 aromatic rings. The van der Waals surface area contributed by atoms with Crippen LogP contribution in [0.4, 0.5) is 23.7 Å². The number of nitrogens with zero attached hydrogens (tertiary/aromatic N) is 4. The van der Waals surface area contributed by atoms with Gasteiger partial charge in [-0.25, -0.2) is 14.5 Å². The van der Waals surface area contributed by atoms with Gasteiger partial charge in [-0.2, -0.15) is 5.10 Å². The second-order valence-electron chi connectivity index (χ2n) is 9.50. The average molecular weight is 508 g/mol. The van der Waals surface area contributed by atoms with E-state index in [4.69, 9.17) is 4.74 Å². The van der Waals surface area contributed by atoms with Crippen molar-refractivity contribution in [2.45, 2.75) is 58.2 Å². The van der Waals surface area contributed by atoms with E-state index in [1.807, 2.05) is 6.07 Å². The number of halogens is 3. The van der Waals surface area contributed by atoms with Crippen LogP contribution in [0, 0.1) is 0 Å². The molecule has 4 rings (SSSR count). The van der Waals surface area contributed by atoms with Gasteiger partial charge in [0.2, 0.25) is 0 Å². The maximum absolute atomic E-state index is 12.6. The highest BCUT2D eigenvalue weighted by molar-refractivity contribution is 5.93. The number of hydrogen-bond donors (Lipinski definition) is 2. The number of alkyl halides is 3. The zero-order valence-corrected chi connectivity index (χ0v) is 20.2. The summed E-state index contributed by atoms with van der Waals surface area (Å²) in [5.41, 5.74) is 1.63. The number of aromatic nitrogens is 3. The summed E-state index contributed by atoms with van der Waals surface area (Å²) in [4.78, 5) is 18.9. The first-order valence-corrected chi connectivity index (χ1v) is 11.5. The fraction of sp³-hybridized carbons (Fsp3) is 0.458. The highest BCUT2D eigenvalue weighted by atomic mass is 19.4. The molecule has 9 nitrogen and oxygen atoms in total. The normalized spacial score (nSPS) is 15.2. The Balaban J connectivity index is 1.72. The molecule has 194 valence electrons. The lowest BCUT2D eigenvalue weighted by Gasteiger charge is -2.32. The van der Waals surface area contributed by atoms with Gasteiger partial charge in [0.05, 0.1) is 35.1 Å². The Labute approximate surface area is 205 Å². The van der Waals surface area contributed by atoms with Crippen molar-refractivity contribution in [3.8, 4) is 11.4 Å². The van der Waals surface area contributed by atoms with Crippen LogP contribution in [0.3, 0.4) is 0 Å². The van der Waals surface area contributed by atoms with Gasteiger partial charge in [-0.1, -0.05) is 0 Å². The lowest BCUT2D eigenvalue weighted by atomic mass is 10.1. The molecule has 1 aromatic carbocycles. The first-order chi connectivity index (χ1) is 16.9. The van der Waals surface area contributed by atoms with E-state index in [1.54, 1.807) is 27.0 Å². The largest absolute Gasteiger partial charge is 0.573 e. The molecule has 3 heterocycles. The van der Waals surface area contributed by atoms with E-state index in [2.05, 4.69) is 25.0 Å². The van der Waals surface area contributed by atoms with E-state index < -0.39 is 18.1 Å². The van der Waals surface area contributed by atoms with Gasteiger partial charge in [0.25, 0.3) is 0 Å². The van der Waals surface area contributed by atoms with Gasteiger partial charge in [-0.15, -0.1) is 13.2 Å². The van der Waals surface area contributed by atoms with Crippen molar-refractivity contribution in [1.29, 1.82) is 0 Å². The topological polar surface area (TPSA) is 102 Å². The van der Waals surface area contributed by atoms with Gasteiger partial charge >= 0.3 is 12.5 Å². The van der Waals surface area contributed by atoms with Crippen LogP contribution in [-0.4, -0.2) is 57.1 Å². The molecule has 0 radical (unpaired) electrons. The number of aliphatic hydroxyl groups is 1. The van der Waals surface area contributed by atoms with Gasteiger partial charge in [0.1, 0.15) is 11.4 Å². The molecule has 0 spiro atoms. The van der Waals surface area contributed by atoms with Crippen LogP contribution in [0.15, 0.2) is 36.5 Å². The Bertz CT molecular complexity index is 1210. The average Bonchev–Trinajstić information content (AvgIpc) is 3.15. The Morgan fingerprint density at radius 2 is 1.81 bits per heavy atom. The molecule has 1 aliphatic rings. The van der Waals surface area contributed by atoms with Crippen molar-refractivity contribution in [3.63, 3.8) is 0 Å².